The molecule has 2 aromatic heterocycles. The van der Waals surface area contributed by atoms with E-state index in [-0.39, 0.29) is 17.6 Å². The first-order valence-electron chi connectivity index (χ1n) is 9.55. The second-order valence-corrected chi connectivity index (χ2v) is 7.83. The summed E-state index contributed by atoms with van der Waals surface area (Å²) in [5, 5.41) is 9.44. The van der Waals surface area contributed by atoms with E-state index in [1.165, 1.54) is 11.8 Å². The zero-order chi connectivity index (χ0) is 20.2. The van der Waals surface area contributed by atoms with Gasteiger partial charge >= 0.3 is 0 Å². The van der Waals surface area contributed by atoms with Gasteiger partial charge in [0, 0.05) is 12.2 Å². The molecule has 0 N–H and O–H groups in total. The summed E-state index contributed by atoms with van der Waals surface area (Å²) in [6, 6.07) is 9.02. The molecule has 4 rings (SSSR count). The summed E-state index contributed by atoms with van der Waals surface area (Å²) in [6.45, 7) is 3.34. The molecule has 1 aromatic carbocycles. The largest absolute Gasteiger partial charge is 0.497 e. The maximum Gasteiger partial charge on any atom is 0.192 e. The number of thioether (sulfide) groups is 1. The van der Waals surface area contributed by atoms with Crippen molar-refractivity contribution in [3.05, 3.63) is 47.9 Å². The van der Waals surface area contributed by atoms with Crippen molar-refractivity contribution in [2.75, 3.05) is 19.5 Å². The summed E-state index contributed by atoms with van der Waals surface area (Å²) < 4.78 is 18.4. The minimum absolute atomic E-state index is 0.0327. The highest BCUT2D eigenvalue weighted by molar-refractivity contribution is 7.99. The minimum Gasteiger partial charge on any atom is -0.497 e. The summed E-state index contributed by atoms with van der Waals surface area (Å²) in [5.41, 5.74) is 1.55. The van der Waals surface area contributed by atoms with Gasteiger partial charge in [0.15, 0.2) is 16.8 Å². The summed E-state index contributed by atoms with van der Waals surface area (Å²) in [7, 11) is 1.60. The number of benzene rings is 1. The smallest absolute Gasteiger partial charge is 0.192 e. The Labute approximate surface area is 173 Å². The molecule has 0 unspecified atom stereocenters. The zero-order valence-corrected chi connectivity index (χ0v) is 17.3. The number of aryl methyl sites for hydroxylation is 1. The van der Waals surface area contributed by atoms with Crippen molar-refractivity contribution in [2.45, 2.75) is 37.6 Å². The van der Waals surface area contributed by atoms with E-state index >= 15 is 0 Å². The molecule has 8 heteroatoms. The third kappa shape index (κ3) is 4.38. The Kier molecular flexibility index (Phi) is 6.01. The second-order valence-electron chi connectivity index (χ2n) is 6.88. The van der Waals surface area contributed by atoms with Gasteiger partial charge in [-0.2, -0.15) is 0 Å². The normalized spacial score (nSPS) is 16.3. The third-order valence-electron chi connectivity index (χ3n) is 4.97. The average molecular weight is 413 g/mol. The minimum atomic E-state index is 0.0327. The number of rotatable bonds is 8. The number of methoxy groups -OCH3 is 1. The number of ether oxygens (including phenoxy) is 2. The Balaban J connectivity index is 1.53. The molecule has 3 aromatic rings. The number of furan rings is 1. The van der Waals surface area contributed by atoms with Crippen LogP contribution in [0.3, 0.4) is 0 Å². The molecule has 0 spiro atoms. The van der Waals surface area contributed by atoms with E-state index in [0.29, 0.717) is 17.3 Å². The SMILES string of the molecule is COc1ccc(C(=O)CSc2nnc(-c3ccoc3C)n2C[C@H]2CCCO2)cc1. The lowest BCUT2D eigenvalue weighted by molar-refractivity contribution is 0.0953. The van der Waals surface area contributed by atoms with Gasteiger partial charge in [0.2, 0.25) is 0 Å². The van der Waals surface area contributed by atoms with Crippen molar-refractivity contribution in [2.24, 2.45) is 0 Å². The number of nitrogens with zero attached hydrogens (tertiary/aromatic N) is 3. The number of hydrogen-bond acceptors (Lipinski definition) is 7. The van der Waals surface area contributed by atoms with E-state index in [1.54, 1.807) is 37.6 Å². The first kappa shape index (κ1) is 19.7. The van der Waals surface area contributed by atoms with Crippen LogP contribution in [0.25, 0.3) is 11.4 Å². The molecule has 3 heterocycles. The van der Waals surface area contributed by atoms with E-state index in [2.05, 4.69) is 10.2 Å². The molecule has 29 heavy (non-hydrogen) atoms. The van der Waals surface area contributed by atoms with Gasteiger partial charge in [0.25, 0.3) is 0 Å². The van der Waals surface area contributed by atoms with E-state index in [4.69, 9.17) is 13.9 Å². The fourth-order valence-corrected chi connectivity index (χ4v) is 4.20. The monoisotopic (exact) mass is 413 g/mol. The highest BCUT2D eigenvalue weighted by atomic mass is 32.2. The summed E-state index contributed by atoms with van der Waals surface area (Å²) in [5.74, 6) is 2.57. The predicted octanol–water partition coefficient (Wildman–Crippen LogP) is 4.01. The van der Waals surface area contributed by atoms with Crippen LogP contribution in [0.15, 0.2) is 46.2 Å². The number of aromatic nitrogens is 3. The first-order chi connectivity index (χ1) is 14.2. The van der Waals surface area contributed by atoms with Gasteiger partial charge in [0.05, 0.1) is 37.3 Å². The molecule has 0 amide bonds. The molecular formula is C21H23N3O4S. The molecule has 0 radical (unpaired) electrons. The van der Waals surface area contributed by atoms with E-state index in [1.807, 2.05) is 17.6 Å². The molecule has 0 bridgehead atoms. The first-order valence-corrected chi connectivity index (χ1v) is 10.5. The fourth-order valence-electron chi connectivity index (χ4n) is 3.36. The maximum atomic E-state index is 12.6. The van der Waals surface area contributed by atoms with Crippen LogP contribution < -0.4 is 4.74 Å². The van der Waals surface area contributed by atoms with Crippen LogP contribution in [-0.2, 0) is 11.3 Å². The molecule has 1 fully saturated rings. The quantitative estimate of drug-likeness (QED) is 0.408. The Morgan fingerprint density at radius 2 is 2.10 bits per heavy atom. The fraction of sp³-hybridized carbons (Fsp3) is 0.381. The van der Waals surface area contributed by atoms with Crippen LogP contribution >= 0.6 is 11.8 Å². The Morgan fingerprint density at radius 1 is 1.28 bits per heavy atom. The highest BCUT2D eigenvalue weighted by Gasteiger charge is 2.23. The van der Waals surface area contributed by atoms with Crippen molar-refractivity contribution >= 4 is 17.5 Å². The lowest BCUT2D eigenvalue weighted by atomic mass is 10.1. The van der Waals surface area contributed by atoms with Crippen molar-refractivity contribution in [3.63, 3.8) is 0 Å². The molecule has 7 nitrogen and oxygen atoms in total. The molecule has 152 valence electrons. The lowest BCUT2D eigenvalue weighted by Crippen LogP contribution is -2.17. The van der Waals surface area contributed by atoms with Gasteiger partial charge in [-0.3, -0.25) is 9.36 Å². The summed E-state index contributed by atoms with van der Waals surface area (Å²) in [4.78, 5) is 12.6. The Morgan fingerprint density at radius 3 is 2.76 bits per heavy atom. The van der Waals surface area contributed by atoms with E-state index < -0.39 is 0 Å². The molecule has 0 saturated carbocycles. The molecule has 1 aliphatic rings. The predicted molar refractivity (Wildman–Crippen MR) is 109 cm³/mol. The Bertz CT molecular complexity index is 974. The van der Waals surface area contributed by atoms with E-state index in [0.717, 1.165) is 42.3 Å². The molecule has 0 aliphatic carbocycles. The van der Waals surface area contributed by atoms with Gasteiger partial charge in [-0.25, -0.2) is 0 Å². The van der Waals surface area contributed by atoms with Gasteiger partial charge in [-0.15, -0.1) is 10.2 Å². The molecule has 1 atom stereocenters. The van der Waals surface area contributed by atoms with E-state index in [9.17, 15) is 4.79 Å². The topological polar surface area (TPSA) is 79.4 Å². The number of Topliss-reactive ketones (excluding diaryl/α,β-unsaturated/α-hetero) is 1. The van der Waals surface area contributed by atoms with Crippen LogP contribution in [0.2, 0.25) is 0 Å². The average Bonchev–Trinajstić information content (AvgIpc) is 3.49. The van der Waals surface area contributed by atoms with Crippen LogP contribution in [0.4, 0.5) is 0 Å². The molecular weight excluding hydrogens is 390 g/mol. The highest BCUT2D eigenvalue weighted by Crippen LogP contribution is 2.29. The van der Waals surface area contributed by atoms with Crippen molar-refractivity contribution in [1.29, 1.82) is 0 Å². The van der Waals surface area contributed by atoms with Crippen LogP contribution in [0.5, 0.6) is 5.75 Å². The molecule has 1 aliphatic heterocycles. The number of carbonyl (C=O) groups excluding carboxylic acids is 1. The standard InChI is InChI=1S/C21H23N3O4S/c1-14-18(9-11-27-14)20-22-23-21(24(20)12-17-4-3-10-28-17)29-13-19(25)15-5-7-16(26-2)8-6-15/h5-9,11,17H,3-4,10,12-13H2,1-2H3/t17-/m1/s1. The molecule has 1 saturated heterocycles. The summed E-state index contributed by atoms with van der Waals surface area (Å²) in [6.07, 6.45) is 3.85. The number of hydrogen-bond donors (Lipinski definition) is 0. The number of ketones is 1. The van der Waals surface area contributed by atoms with Crippen molar-refractivity contribution in [3.8, 4) is 17.1 Å². The zero-order valence-electron chi connectivity index (χ0n) is 16.5. The van der Waals surface area contributed by atoms with Gasteiger partial charge in [-0.05, 0) is 50.1 Å². The van der Waals surface area contributed by atoms with Gasteiger partial charge in [0.1, 0.15) is 11.5 Å². The lowest BCUT2D eigenvalue weighted by Gasteiger charge is -2.14. The van der Waals surface area contributed by atoms with Crippen LogP contribution in [-0.4, -0.2) is 46.1 Å². The summed E-state index contributed by atoms with van der Waals surface area (Å²) >= 11 is 1.39. The third-order valence-corrected chi connectivity index (χ3v) is 5.94. The van der Waals surface area contributed by atoms with Gasteiger partial charge in [-0.1, -0.05) is 11.8 Å². The van der Waals surface area contributed by atoms with Crippen molar-refractivity contribution < 1.29 is 18.7 Å². The number of carbonyl (C=O) groups is 1. The second kappa shape index (κ2) is 8.84. The maximum absolute atomic E-state index is 12.6. The van der Waals surface area contributed by atoms with Crippen molar-refractivity contribution in [1.82, 2.24) is 14.8 Å². The van der Waals surface area contributed by atoms with Gasteiger partial charge < -0.3 is 13.9 Å². The van der Waals surface area contributed by atoms with Crippen LogP contribution in [0.1, 0.15) is 29.0 Å². The van der Waals surface area contributed by atoms with Crippen LogP contribution in [0, 0.1) is 6.92 Å². The Hall–Kier alpha value is -2.58.